The number of carbonyl (C=O) groups excluding carboxylic acids is 2. The van der Waals surface area contributed by atoms with Gasteiger partial charge in [0.15, 0.2) is 0 Å². The first-order valence-corrected chi connectivity index (χ1v) is 6.94. The third kappa shape index (κ3) is 4.30. The first-order chi connectivity index (χ1) is 10.2. The Morgan fingerprint density at radius 1 is 1.43 bits per heavy atom. The van der Waals surface area contributed by atoms with Crippen molar-refractivity contribution in [2.75, 3.05) is 24.6 Å². The van der Waals surface area contributed by atoms with Gasteiger partial charge in [-0.05, 0) is 19.8 Å². The SMILES string of the molecule is CCOC(=O)NNC(=O)C1CCCN(c2cnccn2)C1. The van der Waals surface area contributed by atoms with Crippen LogP contribution in [0.3, 0.4) is 0 Å². The van der Waals surface area contributed by atoms with Crippen LogP contribution in [0.2, 0.25) is 0 Å². The number of rotatable bonds is 3. The highest BCUT2D eigenvalue weighted by molar-refractivity contribution is 5.81. The fourth-order valence-corrected chi connectivity index (χ4v) is 2.24. The smallest absolute Gasteiger partial charge is 0.426 e. The van der Waals surface area contributed by atoms with Crippen molar-refractivity contribution in [2.24, 2.45) is 5.92 Å². The fraction of sp³-hybridized carbons (Fsp3) is 0.538. The molecule has 1 aliphatic heterocycles. The fourth-order valence-electron chi connectivity index (χ4n) is 2.24. The molecule has 0 saturated carbocycles. The van der Waals surface area contributed by atoms with Crippen LogP contribution in [0.4, 0.5) is 10.6 Å². The molecule has 0 bridgehead atoms. The zero-order valence-electron chi connectivity index (χ0n) is 11.9. The van der Waals surface area contributed by atoms with E-state index >= 15 is 0 Å². The van der Waals surface area contributed by atoms with E-state index in [1.165, 1.54) is 0 Å². The van der Waals surface area contributed by atoms with Crippen LogP contribution in [-0.2, 0) is 9.53 Å². The van der Waals surface area contributed by atoms with E-state index in [2.05, 4.69) is 25.6 Å². The van der Waals surface area contributed by atoms with E-state index in [4.69, 9.17) is 0 Å². The lowest BCUT2D eigenvalue weighted by Crippen LogP contribution is -2.49. The van der Waals surface area contributed by atoms with Gasteiger partial charge in [0.05, 0.1) is 18.7 Å². The number of hydrazine groups is 1. The van der Waals surface area contributed by atoms with Crippen LogP contribution in [0.25, 0.3) is 0 Å². The number of nitrogens with one attached hydrogen (secondary N) is 2. The Bertz CT molecular complexity index is 482. The van der Waals surface area contributed by atoms with Crippen molar-refractivity contribution in [3.05, 3.63) is 18.6 Å². The monoisotopic (exact) mass is 293 g/mol. The standard InChI is InChI=1S/C13H19N5O3/c1-2-21-13(20)17-16-12(19)10-4-3-7-18(9-10)11-8-14-5-6-15-11/h5-6,8,10H,2-4,7,9H2,1H3,(H,16,19)(H,17,20). The van der Waals surface area contributed by atoms with Crippen molar-refractivity contribution in [1.29, 1.82) is 0 Å². The Kier molecular flexibility index (Phi) is 5.30. The summed E-state index contributed by atoms with van der Waals surface area (Å²) in [6.45, 7) is 3.34. The molecular weight excluding hydrogens is 274 g/mol. The molecule has 114 valence electrons. The minimum absolute atomic E-state index is 0.206. The molecule has 1 aromatic heterocycles. The number of amides is 2. The molecule has 0 aromatic carbocycles. The van der Waals surface area contributed by atoms with Crippen molar-refractivity contribution >= 4 is 17.8 Å². The highest BCUT2D eigenvalue weighted by atomic mass is 16.5. The van der Waals surface area contributed by atoms with Crippen LogP contribution in [0.15, 0.2) is 18.6 Å². The third-order valence-corrected chi connectivity index (χ3v) is 3.23. The predicted octanol–water partition coefficient (Wildman–Crippen LogP) is 0.470. The van der Waals surface area contributed by atoms with Crippen molar-refractivity contribution < 1.29 is 14.3 Å². The van der Waals surface area contributed by atoms with E-state index in [0.29, 0.717) is 6.54 Å². The number of aromatic nitrogens is 2. The average molecular weight is 293 g/mol. The zero-order valence-corrected chi connectivity index (χ0v) is 11.9. The molecule has 0 radical (unpaired) electrons. The zero-order chi connectivity index (χ0) is 15.1. The summed E-state index contributed by atoms with van der Waals surface area (Å²) in [5.74, 6) is 0.327. The molecule has 0 aliphatic carbocycles. The van der Waals surface area contributed by atoms with Crippen LogP contribution in [0.1, 0.15) is 19.8 Å². The van der Waals surface area contributed by atoms with Crippen LogP contribution < -0.4 is 15.8 Å². The molecule has 8 nitrogen and oxygen atoms in total. The average Bonchev–Trinajstić information content (AvgIpc) is 2.54. The van der Waals surface area contributed by atoms with E-state index < -0.39 is 6.09 Å². The van der Waals surface area contributed by atoms with Crippen LogP contribution in [-0.4, -0.2) is 41.7 Å². The van der Waals surface area contributed by atoms with E-state index in [0.717, 1.165) is 25.2 Å². The van der Waals surface area contributed by atoms with Crippen molar-refractivity contribution in [1.82, 2.24) is 20.8 Å². The van der Waals surface area contributed by atoms with E-state index in [1.807, 2.05) is 4.90 Å². The second-order valence-electron chi connectivity index (χ2n) is 4.68. The van der Waals surface area contributed by atoms with Gasteiger partial charge in [0.1, 0.15) is 5.82 Å². The van der Waals surface area contributed by atoms with Gasteiger partial charge >= 0.3 is 6.09 Å². The molecule has 1 unspecified atom stereocenters. The molecule has 21 heavy (non-hydrogen) atoms. The van der Waals surface area contributed by atoms with Crippen LogP contribution in [0, 0.1) is 5.92 Å². The Hall–Kier alpha value is -2.38. The predicted molar refractivity (Wildman–Crippen MR) is 75.3 cm³/mol. The Morgan fingerprint density at radius 3 is 3.00 bits per heavy atom. The largest absolute Gasteiger partial charge is 0.449 e. The summed E-state index contributed by atoms with van der Waals surface area (Å²) >= 11 is 0. The Labute approximate surface area is 122 Å². The van der Waals surface area contributed by atoms with E-state index in [9.17, 15) is 9.59 Å². The molecule has 2 amide bonds. The summed E-state index contributed by atoms with van der Waals surface area (Å²) in [5.41, 5.74) is 4.61. The van der Waals surface area contributed by atoms with Gasteiger partial charge in [-0.3, -0.25) is 15.2 Å². The minimum atomic E-state index is -0.660. The molecule has 0 spiro atoms. The second-order valence-corrected chi connectivity index (χ2v) is 4.68. The molecule has 2 rings (SSSR count). The third-order valence-electron chi connectivity index (χ3n) is 3.23. The van der Waals surface area contributed by atoms with Gasteiger partial charge in [-0.25, -0.2) is 15.2 Å². The van der Waals surface area contributed by atoms with Gasteiger partial charge in [-0.15, -0.1) is 0 Å². The number of carbonyl (C=O) groups is 2. The number of nitrogens with zero attached hydrogens (tertiary/aromatic N) is 3. The maximum absolute atomic E-state index is 12.0. The Balaban J connectivity index is 1.86. The number of hydrogen-bond donors (Lipinski definition) is 2. The normalized spacial score (nSPS) is 18.0. The summed E-state index contributed by atoms with van der Waals surface area (Å²) in [7, 11) is 0. The summed E-state index contributed by atoms with van der Waals surface area (Å²) < 4.78 is 4.68. The van der Waals surface area contributed by atoms with E-state index in [-0.39, 0.29) is 18.4 Å². The second kappa shape index (κ2) is 7.41. The lowest BCUT2D eigenvalue weighted by Gasteiger charge is -2.32. The minimum Gasteiger partial charge on any atom is -0.449 e. The van der Waals surface area contributed by atoms with Crippen molar-refractivity contribution in [3.63, 3.8) is 0 Å². The van der Waals surface area contributed by atoms with Crippen LogP contribution >= 0.6 is 0 Å². The van der Waals surface area contributed by atoms with Gasteiger partial charge in [0.2, 0.25) is 5.91 Å². The Morgan fingerprint density at radius 2 is 2.29 bits per heavy atom. The van der Waals surface area contributed by atoms with Crippen molar-refractivity contribution in [3.8, 4) is 0 Å². The molecule has 1 aliphatic rings. The van der Waals surface area contributed by atoms with Crippen molar-refractivity contribution in [2.45, 2.75) is 19.8 Å². The summed E-state index contributed by atoms with van der Waals surface area (Å²) in [4.78, 5) is 33.5. The maximum Gasteiger partial charge on any atom is 0.426 e. The molecule has 1 atom stereocenters. The van der Waals surface area contributed by atoms with Gasteiger partial charge in [0.25, 0.3) is 0 Å². The molecular formula is C13H19N5O3. The summed E-state index contributed by atoms with van der Waals surface area (Å²) in [6, 6.07) is 0. The van der Waals surface area contributed by atoms with Gasteiger partial charge in [-0.1, -0.05) is 0 Å². The lowest BCUT2D eigenvalue weighted by atomic mass is 9.97. The van der Waals surface area contributed by atoms with Gasteiger partial charge in [-0.2, -0.15) is 0 Å². The number of hydrogen-bond acceptors (Lipinski definition) is 6. The molecule has 1 saturated heterocycles. The number of anilines is 1. The highest BCUT2D eigenvalue weighted by Crippen LogP contribution is 2.20. The van der Waals surface area contributed by atoms with Gasteiger partial charge in [0, 0.05) is 25.5 Å². The molecule has 1 fully saturated rings. The summed E-state index contributed by atoms with van der Waals surface area (Å²) in [6.07, 6.45) is 5.91. The maximum atomic E-state index is 12.0. The topological polar surface area (TPSA) is 96.5 Å². The number of piperidine rings is 1. The molecule has 2 heterocycles. The quantitative estimate of drug-likeness (QED) is 0.786. The first kappa shape index (κ1) is 15.0. The first-order valence-electron chi connectivity index (χ1n) is 6.94. The highest BCUT2D eigenvalue weighted by Gasteiger charge is 2.26. The van der Waals surface area contributed by atoms with Crippen LogP contribution in [0.5, 0.6) is 0 Å². The molecule has 8 heteroatoms. The molecule has 1 aromatic rings. The number of ether oxygens (including phenoxy) is 1. The molecule has 2 N–H and O–H groups in total. The van der Waals surface area contributed by atoms with Gasteiger partial charge < -0.3 is 9.64 Å². The lowest BCUT2D eigenvalue weighted by molar-refractivity contribution is -0.126. The summed E-state index contributed by atoms with van der Waals surface area (Å²) in [5, 5.41) is 0. The van der Waals surface area contributed by atoms with E-state index in [1.54, 1.807) is 25.5 Å².